The minimum absolute atomic E-state index is 0.241. The summed E-state index contributed by atoms with van der Waals surface area (Å²) in [6.07, 6.45) is 0. The van der Waals surface area contributed by atoms with E-state index in [0.717, 1.165) is 0 Å². The van der Waals surface area contributed by atoms with Crippen molar-refractivity contribution < 1.29 is 5.11 Å². The molecule has 1 rings (SSSR count). The van der Waals surface area contributed by atoms with Gasteiger partial charge in [-0.1, -0.05) is 6.92 Å². The molecule has 14 heavy (non-hydrogen) atoms. The number of hydrogen-bond acceptors (Lipinski definition) is 3. The van der Waals surface area contributed by atoms with Gasteiger partial charge in [0.05, 0.1) is 0 Å². The molecule has 80 valence electrons. The summed E-state index contributed by atoms with van der Waals surface area (Å²) in [7, 11) is 0. The Labute approximate surface area is 90.0 Å². The van der Waals surface area contributed by atoms with Crippen molar-refractivity contribution >= 4 is 11.3 Å². The summed E-state index contributed by atoms with van der Waals surface area (Å²) in [6, 6.07) is 2.85. The molecular weight excluding hydrogens is 194 g/mol. The van der Waals surface area contributed by atoms with Crippen LogP contribution < -0.4 is 5.32 Å². The average Bonchev–Trinajstić information content (AvgIpc) is 2.69. The Morgan fingerprint density at radius 3 is 2.64 bits per heavy atom. The van der Waals surface area contributed by atoms with Crippen molar-refractivity contribution in [2.75, 3.05) is 6.61 Å². The normalized spacial score (nSPS) is 17.7. The predicted octanol–water partition coefficient (Wildman–Crippen LogP) is 2.42. The molecule has 0 amide bonds. The monoisotopic (exact) mass is 213 g/mol. The topological polar surface area (TPSA) is 32.3 Å². The number of hydrogen-bond donors (Lipinski definition) is 2. The summed E-state index contributed by atoms with van der Waals surface area (Å²) in [4.78, 5) is 0. The molecule has 0 bridgehead atoms. The highest BCUT2D eigenvalue weighted by Crippen LogP contribution is 2.17. The third-order valence-electron chi connectivity index (χ3n) is 2.70. The van der Waals surface area contributed by atoms with E-state index in [1.807, 2.05) is 0 Å². The highest BCUT2D eigenvalue weighted by molar-refractivity contribution is 7.07. The van der Waals surface area contributed by atoms with Gasteiger partial charge in [0.2, 0.25) is 0 Å². The molecule has 2 nitrogen and oxygen atoms in total. The van der Waals surface area contributed by atoms with E-state index in [1.165, 1.54) is 5.56 Å². The number of nitrogens with one attached hydrogen (secondary N) is 1. The molecule has 1 aromatic rings. The highest BCUT2D eigenvalue weighted by Gasteiger charge is 2.14. The van der Waals surface area contributed by atoms with Crippen LogP contribution in [-0.2, 0) is 0 Å². The van der Waals surface area contributed by atoms with Gasteiger partial charge in [-0.25, -0.2) is 0 Å². The predicted molar refractivity (Wildman–Crippen MR) is 61.6 cm³/mol. The van der Waals surface area contributed by atoms with E-state index in [9.17, 15) is 0 Å². The van der Waals surface area contributed by atoms with E-state index in [4.69, 9.17) is 5.11 Å². The molecule has 0 aliphatic heterocycles. The van der Waals surface area contributed by atoms with Gasteiger partial charge in [-0.3, -0.25) is 0 Å². The van der Waals surface area contributed by atoms with Gasteiger partial charge >= 0.3 is 0 Å². The molecule has 0 aliphatic rings. The summed E-state index contributed by atoms with van der Waals surface area (Å²) in [5.41, 5.74) is 1.33. The second-order valence-corrected chi connectivity index (χ2v) is 4.67. The number of aliphatic hydroxyl groups excluding tert-OH is 1. The summed E-state index contributed by atoms with van der Waals surface area (Å²) < 4.78 is 0. The van der Waals surface area contributed by atoms with E-state index >= 15 is 0 Å². The van der Waals surface area contributed by atoms with Crippen molar-refractivity contribution in [3.8, 4) is 0 Å². The van der Waals surface area contributed by atoms with E-state index < -0.39 is 0 Å². The van der Waals surface area contributed by atoms with E-state index in [0.29, 0.717) is 18.0 Å². The van der Waals surface area contributed by atoms with Gasteiger partial charge in [0.1, 0.15) is 0 Å². The fourth-order valence-corrected chi connectivity index (χ4v) is 2.09. The molecule has 2 N–H and O–H groups in total. The highest BCUT2D eigenvalue weighted by atomic mass is 32.1. The van der Waals surface area contributed by atoms with Crippen molar-refractivity contribution in [2.45, 2.75) is 32.9 Å². The molecule has 3 unspecified atom stereocenters. The molecular formula is C11H19NOS. The first-order valence-corrected chi connectivity index (χ1v) is 5.98. The zero-order valence-electron chi connectivity index (χ0n) is 9.03. The van der Waals surface area contributed by atoms with Crippen LogP contribution in [0.1, 0.15) is 32.4 Å². The molecule has 1 heterocycles. The maximum absolute atomic E-state index is 9.01. The number of thiophene rings is 1. The minimum Gasteiger partial charge on any atom is -0.396 e. The Morgan fingerprint density at radius 2 is 2.14 bits per heavy atom. The zero-order valence-corrected chi connectivity index (χ0v) is 9.84. The Morgan fingerprint density at radius 1 is 1.43 bits per heavy atom. The van der Waals surface area contributed by atoms with Gasteiger partial charge in [-0.15, -0.1) is 0 Å². The first-order chi connectivity index (χ1) is 6.65. The van der Waals surface area contributed by atoms with Gasteiger partial charge in [0.25, 0.3) is 0 Å². The van der Waals surface area contributed by atoms with Crippen LogP contribution in [0.4, 0.5) is 0 Å². The molecule has 0 aromatic carbocycles. The van der Waals surface area contributed by atoms with Gasteiger partial charge in [-0.05, 0) is 42.2 Å². The van der Waals surface area contributed by atoms with Crippen molar-refractivity contribution in [2.24, 2.45) is 5.92 Å². The summed E-state index contributed by atoms with van der Waals surface area (Å²) in [6.45, 7) is 6.56. The number of aliphatic hydroxyl groups is 1. The van der Waals surface area contributed by atoms with Crippen LogP contribution in [0.5, 0.6) is 0 Å². The fraction of sp³-hybridized carbons (Fsp3) is 0.636. The largest absolute Gasteiger partial charge is 0.396 e. The molecule has 3 heteroatoms. The van der Waals surface area contributed by atoms with Crippen LogP contribution in [0.15, 0.2) is 16.8 Å². The lowest BCUT2D eigenvalue weighted by Gasteiger charge is -2.23. The Bertz CT molecular complexity index is 248. The molecule has 0 saturated carbocycles. The van der Waals surface area contributed by atoms with Crippen LogP contribution in [-0.4, -0.2) is 17.8 Å². The second-order valence-electron chi connectivity index (χ2n) is 3.89. The first kappa shape index (κ1) is 11.7. The molecule has 0 fully saturated rings. The van der Waals surface area contributed by atoms with Crippen molar-refractivity contribution in [3.05, 3.63) is 22.4 Å². The lowest BCUT2D eigenvalue weighted by atomic mass is 10.0. The Balaban J connectivity index is 2.44. The molecule has 0 radical (unpaired) electrons. The maximum atomic E-state index is 9.01. The minimum atomic E-state index is 0.241. The van der Waals surface area contributed by atoms with Crippen molar-refractivity contribution in [1.29, 1.82) is 0 Å². The van der Waals surface area contributed by atoms with Gasteiger partial charge in [-0.2, -0.15) is 11.3 Å². The van der Waals surface area contributed by atoms with Crippen LogP contribution >= 0.6 is 11.3 Å². The lowest BCUT2D eigenvalue weighted by Crippen LogP contribution is -2.35. The summed E-state index contributed by atoms with van der Waals surface area (Å²) in [5.74, 6) is 0.302. The van der Waals surface area contributed by atoms with Gasteiger partial charge < -0.3 is 10.4 Å². The van der Waals surface area contributed by atoms with Gasteiger partial charge in [0, 0.05) is 18.7 Å². The van der Waals surface area contributed by atoms with E-state index in [-0.39, 0.29) is 6.61 Å². The summed E-state index contributed by atoms with van der Waals surface area (Å²) >= 11 is 1.72. The lowest BCUT2D eigenvalue weighted by molar-refractivity contribution is 0.202. The Kier molecular flexibility index (Phi) is 4.58. The smallest absolute Gasteiger partial charge is 0.0471 e. The van der Waals surface area contributed by atoms with Crippen molar-refractivity contribution in [1.82, 2.24) is 5.32 Å². The Hall–Kier alpha value is -0.380. The standard InChI is InChI=1S/C11H19NOS/c1-8(6-13)9(2)12-10(3)11-4-5-14-7-11/h4-5,7-10,12-13H,6H2,1-3H3. The van der Waals surface area contributed by atoms with Crippen LogP contribution in [0.2, 0.25) is 0 Å². The average molecular weight is 213 g/mol. The maximum Gasteiger partial charge on any atom is 0.0471 e. The molecule has 0 spiro atoms. The second kappa shape index (κ2) is 5.49. The first-order valence-electron chi connectivity index (χ1n) is 5.04. The third-order valence-corrected chi connectivity index (χ3v) is 3.40. The zero-order chi connectivity index (χ0) is 10.6. The van der Waals surface area contributed by atoms with Crippen LogP contribution in [0.25, 0.3) is 0 Å². The molecule has 0 saturated heterocycles. The fourth-order valence-electron chi connectivity index (χ4n) is 1.33. The van der Waals surface area contributed by atoms with Gasteiger partial charge in [0.15, 0.2) is 0 Å². The van der Waals surface area contributed by atoms with Crippen molar-refractivity contribution in [3.63, 3.8) is 0 Å². The van der Waals surface area contributed by atoms with Crippen LogP contribution in [0, 0.1) is 5.92 Å². The third kappa shape index (κ3) is 3.08. The molecule has 3 atom stereocenters. The van der Waals surface area contributed by atoms with E-state index in [1.54, 1.807) is 11.3 Å². The molecule has 1 aromatic heterocycles. The quantitative estimate of drug-likeness (QED) is 0.787. The molecule has 0 aliphatic carbocycles. The summed E-state index contributed by atoms with van der Waals surface area (Å²) in [5, 5.41) is 16.7. The van der Waals surface area contributed by atoms with E-state index in [2.05, 4.69) is 42.9 Å². The van der Waals surface area contributed by atoms with Crippen LogP contribution in [0.3, 0.4) is 0 Å². The number of rotatable bonds is 5. The SMILES string of the molecule is CC(NC(C)C(C)CO)c1ccsc1.